The Labute approximate surface area is 110 Å². The van der Waals surface area contributed by atoms with E-state index < -0.39 is 0 Å². The molecule has 4 heteroatoms. The molecule has 0 atom stereocenters. The number of carbonyl (C=O) groups excluding carboxylic acids is 1. The third kappa shape index (κ3) is 2.33. The molecule has 0 radical (unpaired) electrons. The first-order valence-corrected chi connectivity index (χ1v) is 6.05. The van der Waals surface area contributed by atoms with Gasteiger partial charge in [-0.15, -0.1) is 0 Å². The van der Waals surface area contributed by atoms with E-state index in [1.165, 1.54) is 0 Å². The van der Waals surface area contributed by atoms with Crippen LogP contribution in [0.25, 0.3) is 10.9 Å². The molecule has 2 aromatic heterocycles. The van der Waals surface area contributed by atoms with Gasteiger partial charge in [0.05, 0.1) is 0 Å². The maximum atomic E-state index is 12.1. The quantitative estimate of drug-likeness (QED) is 0.735. The van der Waals surface area contributed by atoms with E-state index in [0.29, 0.717) is 11.5 Å². The molecule has 0 spiro atoms. The molecule has 1 aromatic carbocycles. The summed E-state index contributed by atoms with van der Waals surface area (Å²) in [5, 5.41) is 3.80. The second kappa shape index (κ2) is 4.57. The molecular formula is C15H13N3O. The van der Waals surface area contributed by atoms with Gasteiger partial charge in [-0.05, 0) is 31.2 Å². The van der Waals surface area contributed by atoms with Gasteiger partial charge >= 0.3 is 0 Å². The van der Waals surface area contributed by atoms with Gasteiger partial charge in [0.15, 0.2) is 0 Å². The Kier molecular flexibility index (Phi) is 2.76. The van der Waals surface area contributed by atoms with Gasteiger partial charge in [-0.2, -0.15) is 0 Å². The predicted molar refractivity (Wildman–Crippen MR) is 75.2 cm³/mol. The van der Waals surface area contributed by atoms with Gasteiger partial charge in [0.1, 0.15) is 11.5 Å². The zero-order valence-corrected chi connectivity index (χ0v) is 10.5. The molecule has 0 fully saturated rings. The number of nitrogens with one attached hydrogen (secondary N) is 2. The normalized spacial score (nSPS) is 10.6. The monoisotopic (exact) mass is 251 g/mol. The standard InChI is InChI=1S/C15H13N3O/c1-10-5-4-8-14(16-10)18-15(19)13-9-11-6-2-3-7-12(11)17-13/h2-9,17H,1H3,(H,16,18,19). The SMILES string of the molecule is Cc1cccc(NC(=O)c2cc3ccccc3[nH]2)n1. The topological polar surface area (TPSA) is 57.8 Å². The summed E-state index contributed by atoms with van der Waals surface area (Å²) in [6, 6.07) is 15.1. The summed E-state index contributed by atoms with van der Waals surface area (Å²) in [6.45, 7) is 1.89. The summed E-state index contributed by atoms with van der Waals surface area (Å²) in [4.78, 5) is 19.4. The van der Waals surface area contributed by atoms with Crippen LogP contribution in [-0.2, 0) is 0 Å². The first-order chi connectivity index (χ1) is 9.22. The fourth-order valence-electron chi connectivity index (χ4n) is 1.99. The van der Waals surface area contributed by atoms with Crippen molar-refractivity contribution in [3.8, 4) is 0 Å². The first kappa shape index (κ1) is 11.5. The number of aromatic amines is 1. The molecule has 0 unspecified atom stereocenters. The van der Waals surface area contributed by atoms with Gasteiger partial charge in [-0.25, -0.2) is 4.98 Å². The summed E-state index contributed by atoms with van der Waals surface area (Å²) >= 11 is 0. The zero-order valence-electron chi connectivity index (χ0n) is 10.5. The number of fused-ring (bicyclic) bond motifs is 1. The number of carbonyl (C=O) groups is 1. The highest BCUT2D eigenvalue weighted by Crippen LogP contribution is 2.15. The Morgan fingerprint density at radius 1 is 1.16 bits per heavy atom. The van der Waals surface area contributed by atoms with Gasteiger partial charge in [0, 0.05) is 16.6 Å². The molecule has 4 nitrogen and oxygen atoms in total. The number of aromatic nitrogens is 2. The summed E-state index contributed by atoms with van der Waals surface area (Å²) in [5.41, 5.74) is 2.35. The number of hydrogen-bond acceptors (Lipinski definition) is 2. The highest BCUT2D eigenvalue weighted by molar-refractivity contribution is 6.05. The molecular weight excluding hydrogens is 238 g/mol. The lowest BCUT2D eigenvalue weighted by Crippen LogP contribution is -2.13. The van der Waals surface area contributed by atoms with Gasteiger partial charge in [-0.3, -0.25) is 4.79 Å². The smallest absolute Gasteiger partial charge is 0.273 e. The van der Waals surface area contributed by atoms with Crippen LogP contribution in [0.15, 0.2) is 48.5 Å². The van der Waals surface area contributed by atoms with Crippen LogP contribution >= 0.6 is 0 Å². The van der Waals surface area contributed by atoms with Crippen LogP contribution in [0.5, 0.6) is 0 Å². The third-order valence-electron chi connectivity index (χ3n) is 2.90. The van der Waals surface area contributed by atoms with Crippen LogP contribution in [-0.4, -0.2) is 15.9 Å². The average Bonchev–Trinajstić information content (AvgIpc) is 2.82. The fourth-order valence-corrected chi connectivity index (χ4v) is 1.99. The lowest BCUT2D eigenvalue weighted by molar-refractivity contribution is 0.102. The van der Waals surface area contributed by atoms with Crippen molar-refractivity contribution in [2.75, 3.05) is 5.32 Å². The van der Waals surface area contributed by atoms with E-state index in [-0.39, 0.29) is 5.91 Å². The van der Waals surface area contributed by atoms with Gasteiger partial charge < -0.3 is 10.3 Å². The minimum atomic E-state index is -0.186. The molecule has 0 saturated heterocycles. The maximum Gasteiger partial charge on any atom is 0.273 e. The number of para-hydroxylation sites is 1. The fraction of sp³-hybridized carbons (Fsp3) is 0.0667. The van der Waals surface area contributed by atoms with E-state index in [0.717, 1.165) is 16.6 Å². The Balaban J connectivity index is 1.87. The van der Waals surface area contributed by atoms with Crippen molar-refractivity contribution in [3.63, 3.8) is 0 Å². The largest absolute Gasteiger partial charge is 0.351 e. The van der Waals surface area contributed by atoms with Crippen LogP contribution in [0.3, 0.4) is 0 Å². The van der Waals surface area contributed by atoms with Crippen LogP contribution in [0.2, 0.25) is 0 Å². The first-order valence-electron chi connectivity index (χ1n) is 6.05. The molecule has 0 bridgehead atoms. The average molecular weight is 251 g/mol. The van der Waals surface area contributed by atoms with Crippen LogP contribution < -0.4 is 5.32 Å². The number of pyridine rings is 1. The molecule has 0 saturated carbocycles. The summed E-state index contributed by atoms with van der Waals surface area (Å²) in [6.07, 6.45) is 0. The van der Waals surface area contributed by atoms with E-state index >= 15 is 0 Å². The number of anilines is 1. The Morgan fingerprint density at radius 3 is 2.79 bits per heavy atom. The second-order valence-corrected chi connectivity index (χ2v) is 4.39. The number of benzene rings is 1. The Morgan fingerprint density at radius 2 is 2.00 bits per heavy atom. The van der Waals surface area contributed by atoms with E-state index in [1.807, 2.05) is 49.4 Å². The molecule has 0 aliphatic rings. The predicted octanol–water partition coefficient (Wildman–Crippen LogP) is 3.12. The van der Waals surface area contributed by atoms with Crippen molar-refractivity contribution in [1.29, 1.82) is 0 Å². The molecule has 19 heavy (non-hydrogen) atoms. The molecule has 1 amide bonds. The molecule has 2 heterocycles. The molecule has 0 aliphatic heterocycles. The van der Waals surface area contributed by atoms with E-state index in [9.17, 15) is 4.79 Å². The minimum absolute atomic E-state index is 0.186. The number of rotatable bonds is 2. The van der Waals surface area contributed by atoms with Crippen molar-refractivity contribution in [1.82, 2.24) is 9.97 Å². The molecule has 3 rings (SSSR count). The van der Waals surface area contributed by atoms with E-state index in [4.69, 9.17) is 0 Å². The summed E-state index contributed by atoms with van der Waals surface area (Å²) < 4.78 is 0. The molecule has 3 aromatic rings. The summed E-state index contributed by atoms with van der Waals surface area (Å²) in [5.74, 6) is 0.373. The molecule has 0 aliphatic carbocycles. The third-order valence-corrected chi connectivity index (χ3v) is 2.90. The lowest BCUT2D eigenvalue weighted by atomic mass is 10.2. The Bertz CT molecular complexity index is 713. The highest BCUT2D eigenvalue weighted by atomic mass is 16.1. The number of amides is 1. The van der Waals surface area contributed by atoms with Crippen LogP contribution in [0, 0.1) is 6.92 Å². The van der Waals surface area contributed by atoms with Crippen LogP contribution in [0.4, 0.5) is 5.82 Å². The minimum Gasteiger partial charge on any atom is -0.351 e. The van der Waals surface area contributed by atoms with Crippen molar-refractivity contribution in [2.24, 2.45) is 0 Å². The Hall–Kier alpha value is -2.62. The van der Waals surface area contributed by atoms with Crippen molar-refractivity contribution in [2.45, 2.75) is 6.92 Å². The number of nitrogens with zero attached hydrogens (tertiary/aromatic N) is 1. The van der Waals surface area contributed by atoms with Crippen molar-refractivity contribution in [3.05, 3.63) is 59.9 Å². The summed E-state index contributed by atoms with van der Waals surface area (Å²) in [7, 11) is 0. The van der Waals surface area contributed by atoms with Gasteiger partial charge in [0.2, 0.25) is 0 Å². The highest BCUT2D eigenvalue weighted by Gasteiger charge is 2.09. The van der Waals surface area contributed by atoms with Crippen molar-refractivity contribution < 1.29 is 4.79 Å². The maximum absolute atomic E-state index is 12.1. The van der Waals surface area contributed by atoms with Crippen LogP contribution in [0.1, 0.15) is 16.2 Å². The zero-order chi connectivity index (χ0) is 13.2. The van der Waals surface area contributed by atoms with Crippen molar-refractivity contribution >= 4 is 22.6 Å². The lowest BCUT2D eigenvalue weighted by Gasteiger charge is -2.03. The molecule has 2 N–H and O–H groups in total. The van der Waals surface area contributed by atoms with Gasteiger partial charge in [0.25, 0.3) is 5.91 Å². The van der Waals surface area contributed by atoms with E-state index in [2.05, 4.69) is 15.3 Å². The second-order valence-electron chi connectivity index (χ2n) is 4.39. The number of aryl methyl sites for hydroxylation is 1. The van der Waals surface area contributed by atoms with Gasteiger partial charge in [-0.1, -0.05) is 24.3 Å². The van der Waals surface area contributed by atoms with E-state index in [1.54, 1.807) is 6.07 Å². The number of H-pyrrole nitrogens is 1. The number of hydrogen-bond donors (Lipinski definition) is 2. The molecule has 94 valence electrons.